The molecular formula is C27H38N2O4. The molecule has 6 nitrogen and oxygen atoms in total. The molecule has 2 amide bonds. The van der Waals surface area contributed by atoms with Crippen molar-refractivity contribution in [2.24, 2.45) is 0 Å². The molecule has 2 aromatic carbocycles. The second kappa shape index (κ2) is 12.9. The summed E-state index contributed by atoms with van der Waals surface area (Å²) < 4.78 is 11.0. The van der Waals surface area contributed by atoms with Crippen LogP contribution in [0, 0.1) is 0 Å². The molecule has 0 heterocycles. The average Bonchev–Trinajstić information content (AvgIpc) is 2.82. The number of amides is 2. The van der Waals surface area contributed by atoms with Crippen LogP contribution < -0.4 is 14.8 Å². The molecule has 33 heavy (non-hydrogen) atoms. The highest BCUT2D eigenvalue weighted by Crippen LogP contribution is 2.20. The number of methoxy groups -OCH3 is 1. The third kappa shape index (κ3) is 7.81. The van der Waals surface area contributed by atoms with Crippen LogP contribution in [0.5, 0.6) is 11.5 Å². The highest BCUT2D eigenvalue weighted by molar-refractivity contribution is 5.88. The summed E-state index contributed by atoms with van der Waals surface area (Å²) in [6.45, 7) is 10.3. The van der Waals surface area contributed by atoms with Crippen molar-refractivity contribution in [1.29, 1.82) is 0 Å². The molecule has 0 aromatic heterocycles. The topological polar surface area (TPSA) is 67.9 Å². The van der Waals surface area contributed by atoms with Gasteiger partial charge in [0.15, 0.2) is 6.61 Å². The van der Waals surface area contributed by atoms with Crippen LogP contribution in [0.3, 0.4) is 0 Å². The fraction of sp³-hybridized carbons (Fsp3) is 0.481. The van der Waals surface area contributed by atoms with Crippen molar-refractivity contribution >= 4 is 11.8 Å². The molecule has 2 rings (SSSR count). The van der Waals surface area contributed by atoms with Crippen molar-refractivity contribution < 1.29 is 19.1 Å². The van der Waals surface area contributed by atoms with E-state index in [4.69, 9.17) is 9.47 Å². The Bertz CT molecular complexity index is 878. The van der Waals surface area contributed by atoms with Gasteiger partial charge in [-0.1, -0.05) is 52.0 Å². The largest absolute Gasteiger partial charge is 0.497 e. The number of carbonyl (C=O) groups is 2. The number of benzene rings is 2. The molecule has 0 saturated heterocycles. The van der Waals surface area contributed by atoms with Gasteiger partial charge in [0.05, 0.1) is 7.11 Å². The van der Waals surface area contributed by atoms with Gasteiger partial charge in [0.1, 0.15) is 17.5 Å². The van der Waals surface area contributed by atoms with Crippen molar-refractivity contribution in [3.8, 4) is 11.5 Å². The minimum absolute atomic E-state index is 0.0419. The number of nitrogens with one attached hydrogen (secondary N) is 1. The van der Waals surface area contributed by atoms with Crippen molar-refractivity contribution in [1.82, 2.24) is 10.2 Å². The Balaban J connectivity index is 2.19. The zero-order valence-corrected chi connectivity index (χ0v) is 20.8. The van der Waals surface area contributed by atoms with E-state index in [1.54, 1.807) is 12.0 Å². The zero-order chi connectivity index (χ0) is 24.4. The van der Waals surface area contributed by atoms with Crippen LogP contribution in [0.15, 0.2) is 48.5 Å². The molecule has 180 valence electrons. The molecule has 0 spiro atoms. The first-order valence-corrected chi connectivity index (χ1v) is 11.7. The summed E-state index contributed by atoms with van der Waals surface area (Å²) in [6, 6.07) is 14.7. The van der Waals surface area contributed by atoms with Crippen LogP contribution in [0.1, 0.15) is 64.5 Å². The number of ether oxygens (including phenoxy) is 2. The molecule has 0 aliphatic heterocycles. The summed E-state index contributed by atoms with van der Waals surface area (Å²) in [5.74, 6) is 1.43. The fourth-order valence-electron chi connectivity index (χ4n) is 3.47. The molecule has 1 N–H and O–H groups in total. The minimum atomic E-state index is -0.583. The first-order chi connectivity index (χ1) is 15.8. The molecule has 0 bridgehead atoms. The quantitative estimate of drug-likeness (QED) is 0.494. The van der Waals surface area contributed by atoms with Crippen LogP contribution in [-0.2, 0) is 16.1 Å². The molecule has 6 heteroatoms. The predicted octanol–water partition coefficient (Wildman–Crippen LogP) is 4.92. The van der Waals surface area contributed by atoms with Gasteiger partial charge in [-0.25, -0.2) is 0 Å². The van der Waals surface area contributed by atoms with E-state index in [1.807, 2.05) is 69.3 Å². The van der Waals surface area contributed by atoms with Crippen molar-refractivity contribution in [2.75, 3.05) is 13.7 Å². The van der Waals surface area contributed by atoms with Gasteiger partial charge in [0.2, 0.25) is 5.91 Å². The van der Waals surface area contributed by atoms with Gasteiger partial charge in [-0.2, -0.15) is 0 Å². The summed E-state index contributed by atoms with van der Waals surface area (Å²) in [4.78, 5) is 27.9. The van der Waals surface area contributed by atoms with Gasteiger partial charge in [-0.05, 0) is 61.1 Å². The Morgan fingerprint density at radius 3 is 2.03 bits per heavy atom. The van der Waals surface area contributed by atoms with Crippen LogP contribution in [0.25, 0.3) is 0 Å². The molecular weight excluding hydrogens is 416 g/mol. The van der Waals surface area contributed by atoms with Gasteiger partial charge in [0, 0.05) is 12.6 Å². The van der Waals surface area contributed by atoms with Gasteiger partial charge in [0.25, 0.3) is 5.91 Å². The molecule has 0 radical (unpaired) electrons. The zero-order valence-electron chi connectivity index (χ0n) is 20.8. The standard InChI is InChI=1S/C27H38N2O4/c1-7-20(5)28-27(31)25(8-2)29(17-21-9-13-23(32-6)14-10-21)26(30)18-33-24-15-11-22(12-16-24)19(3)4/h9-16,19-20,25H,7-8,17-18H2,1-6H3,(H,28,31)/t20-,25+/m0/s1. The molecule has 0 aliphatic carbocycles. The first kappa shape index (κ1) is 26.2. The monoisotopic (exact) mass is 454 g/mol. The Morgan fingerprint density at radius 2 is 1.52 bits per heavy atom. The van der Waals surface area contributed by atoms with E-state index in [2.05, 4.69) is 19.2 Å². The molecule has 0 unspecified atom stereocenters. The predicted molar refractivity (Wildman–Crippen MR) is 132 cm³/mol. The number of hydrogen-bond donors (Lipinski definition) is 1. The minimum Gasteiger partial charge on any atom is -0.497 e. The van der Waals surface area contributed by atoms with Gasteiger partial charge >= 0.3 is 0 Å². The Hall–Kier alpha value is -3.02. The summed E-state index contributed by atoms with van der Waals surface area (Å²) in [5.41, 5.74) is 2.13. The SMILES string of the molecule is CC[C@H](C(=O)N[C@@H](C)CC)N(Cc1ccc(OC)cc1)C(=O)COc1ccc(C(C)C)cc1. The lowest BCUT2D eigenvalue weighted by Crippen LogP contribution is -2.51. The fourth-order valence-corrected chi connectivity index (χ4v) is 3.47. The van der Waals surface area contributed by atoms with E-state index in [-0.39, 0.29) is 24.5 Å². The summed E-state index contributed by atoms with van der Waals surface area (Å²) in [6.07, 6.45) is 1.33. The second-order valence-electron chi connectivity index (χ2n) is 8.62. The lowest BCUT2D eigenvalue weighted by molar-refractivity contribution is -0.143. The smallest absolute Gasteiger partial charge is 0.261 e. The third-order valence-corrected chi connectivity index (χ3v) is 5.81. The number of rotatable bonds is 12. The second-order valence-corrected chi connectivity index (χ2v) is 8.62. The Labute approximate surface area is 198 Å². The van der Waals surface area contributed by atoms with E-state index in [0.717, 1.165) is 17.7 Å². The molecule has 0 saturated carbocycles. The van der Waals surface area contributed by atoms with Crippen molar-refractivity contribution in [3.05, 3.63) is 59.7 Å². The van der Waals surface area contributed by atoms with E-state index in [0.29, 0.717) is 24.6 Å². The van der Waals surface area contributed by atoms with Crippen molar-refractivity contribution in [2.45, 2.75) is 72.0 Å². The maximum Gasteiger partial charge on any atom is 0.261 e. The highest BCUT2D eigenvalue weighted by Gasteiger charge is 2.29. The van der Waals surface area contributed by atoms with E-state index in [1.165, 1.54) is 5.56 Å². The summed E-state index contributed by atoms with van der Waals surface area (Å²) >= 11 is 0. The summed E-state index contributed by atoms with van der Waals surface area (Å²) in [7, 11) is 1.61. The average molecular weight is 455 g/mol. The van der Waals surface area contributed by atoms with E-state index >= 15 is 0 Å². The van der Waals surface area contributed by atoms with Crippen LogP contribution >= 0.6 is 0 Å². The van der Waals surface area contributed by atoms with E-state index < -0.39 is 6.04 Å². The molecule has 2 aromatic rings. The van der Waals surface area contributed by atoms with Gasteiger partial charge in [-0.15, -0.1) is 0 Å². The Morgan fingerprint density at radius 1 is 0.909 bits per heavy atom. The van der Waals surface area contributed by atoms with Crippen LogP contribution in [0.2, 0.25) is 0 Å². The highest BCUT2D eigenvalue weighted by atomic mass is 16.5. The molecule has 2 atom stereocenters. The summed E-state index contributed by atoms with van der Waals surface area (Å²) in [5, 5.41) is 3.02. The lowest BCUT2D eigenvalue weighted by atomic mass is 10.0. The molecule has 0 aliphatic rings. The number of nitrogens with zero attached hydrogens (tertiary/aromatic N) is 1. The van der Waals surface area contributed by atoms with Gasteiger partial charge < -0.3 is 19.7 Å². The van der Waals surface area contributed by atoms with E-state index in [9.17, 15) is 9.59 Å². The van der Waals surface area contributed by atoms with Crippen LogP contribution in [0.4, 0.5) is 0 Å². The normalized spacial score (nSPS) is 12.7. The van der Waals surface area contributed by atoms with Crippen LogP contribution in [-0.4, -0.2) is 42.5 Å². The maximum atomic E-state index is 13.3. The number of hydrogen-bond acceptors (Lipinski definition) is 4. The molecule has 0 fully saturated rings. The Kier molecular flexibility index (Phi) is 10.2. The lowest BCUT2D eigenvalue weighted by Gasteiger charge is -2.31. The number of carbonyl (C=O) groups excluding carboxylic acids is 2. The first-order valence-electron chi connectivity index (χ1n) is 11.7. The third-order valence-electron chi connectivity index (χ3n) is 5.81. The van der Waals surface area contributed by atoms with Gasteiger partial charge in [-0.3, -0.25) is 9.59 Å². The van der Waals surface area contributed by atoms with Crippen molar-refractivity contribution in [3.63, 3.8) is 0 Å². The maximum absolute atomic E-state index is 13.3.